The molecule has 0 saturated heterocycles. The standard InChI is InChI=1S/C20H27N5O2S/c1-27-17-9-5-15(6-10-17)20(11-3-2-4-12-20)14-21-18(26)13-28-19-22-23-24-25(19)16-7-8-16/h5-6,9-10,16H,2-4,7-8,11-14H2,1H3,(H,21,26). The first-order chi connectivity index (χ1) is 13.7. The Kier molecular flexibility index (Phi) is 5.85. The van der Waals surface area contributed by atoms with Gasteiger partial charge in [-0.3, -0.25) is 4.79 Å². The molecular weight excluding hydrogens is 374 g/mol. The molecule has 2 aromatic rings. The van der Waals surface area contributed by atoms with Crippen LogP contribution in [0.5, 0.6) is 5.75 Å². The zero-order valence-electron chi connectivity index (χ0n) is 16.3. The van der Waals surface area contributed by atoms with E-state index in [2.05, 4.69) is 33.0 Å². The normalized spacial score (nSPS) is 18.6. The van der Waals surface area contributed by atoms with Crippen LogP contribution in [0.1, 0.15) is 56.6 Å². The molecule has 2 fully saturated rings. The number of tetrazole rings is 1. The third-order valence-corrected chi connectivity index (χ3v) is 6.76. The van der Waals surface area contributed by atoms with Gasteiger partial charge in [-0.05, 0) is 53.8 Å². The molecule has 1 heterocycles. The number of hydrogen-bond donors (Lipinski definition) is 1. The maximum atomic E-state index is 12.5. The maximum Gasteiger partial charge on any atom is 0.230 e. The minimum atomic E-state index is 0.0143. The molecule has 0 atom stereocenters. The highest BCUT2D eigenvalue weighted by Gasteiger charge is 2.34. The van der Waals surface area contributed by atoms with Gasteiger partial charge >= 0.3 is 0 Å². The first-order valence-electron chi connectivity index (χ1n) is 10.0. The fourth-order valence-electron chi connectivity index (χ4n) is 4.02. The SMILES string of the molecule is COc1ccc(C2(CNC(=O)CSc3nnnn3C3CC3)CCCCC2)cc1. The van der Waals surface area contributed by atoms with Crippen molar-refractivity contribution in [2.45, 2.75) is 61.6 Å². The molecule has 8 heteroatoms. The highest BCUT2D eigenvalue weighted by molar-refractivity contribution is 7.99. The summed E-state index contributed by atoms with van der Waals surface area (Å²) in [6.45, 7) is 0.673. The smallest absolute Gasteiger partial charge is 0.230 e. The number of carbonyl (C=O) groups is 1. The van der Waals surface area contributed by atoms with Crippen LogP contribution in [0.2, 0.25) is 0 Å². The van der Waals surface area contributed by atoms with E-state index in [9.17, 15) is 4.79 Å². The van der Waals surface area contributed by atoms with Gasteiger partial charge in [0.1, 0.15) is 5.75 Å². The molecule has 4 rings (SSSR count). The number of benzene rings is 1. The largest absolute Gasteiger partial charge is 0.497 e. The van der Waals surface area contributed by atoms with Crippen LogP contribution in [0.15, 0.2) is 29.4 Å². The van der Waals surface area contributed by atoms with Crippen molar-refractivity contribution < 1.29 is 9.53 Å². The number of aromatic nitrogens is 4. The van der Waals surface area contributed by atoms with Gasteiger partial charge in [-0.15, -0.1) is 5.10 Å². The number of ether oxygens (including phenoxy) is 1. The van der Waals surface area contributed by atoms with E-state index < -0.39 is 0 Å². The third-order valence-electron chi connectivity index (χ3n) is 5.82. The first-order valence-corrected chi connectivity index (χ1v) is 11.0. The van der Waals surface area contributed by atoms with Crippen molar-refractivity contribution in [1.29, 1.82) is 0 Å². The van der Waals surface area contributed by atoms with Crippen LogP contribution in [0.4, 0.5) is 0 Å². The van der Waals surface area contributed by atoms with Gasteiger partial charge < -0.3 is 10.1 Å². The second-order valence-corrected chi connectivity index (χ2v) is 8.71. The third kappa shape index (κ3) is 4.32. The highest BCUT2D eigenvalue weighted by Crippen LogP contribution is 2.40. The summed E-state index contributed by atoms with van der Waals surface area (Å²) < 4.78 is 7.14. The summed E-state index contributed by atoms with van der Waals surface area (Å²) in [6, 6.07) is 8.74. The molecule has 2 aliphatic carbocycles. The lowest BCUT2D eigenvalue weighted by molar-refractivity contribution is -0.118. The summed E-state index contributed by atoms with van der Waals surface area (Å²) >= 11 is 1.41. The van der Waals surface area contributed by atoms with Crippen LogP contribution in [0.25, 0.3) is 0 Å². The molecule has 0 unspecified atom stereocenters. The van der Waals surface area contributed by atoms with Gasteiger partial charge in [-0.2, -0.15) is 0 Å². The van der Waals surface area contributed by atoms with Crippen LogP contribution in [0, 0.1) is 0 Å². The lowest BCUT2D eigenvalue weighted by atomic mass is 9.69. The number of nitrogens with one attached hydrogen (secondary N) is 1. The average molecular weight is 402 g/mol. The summed E-state index contributed by atoms with van der Waals surface area (Å²) in [7, 11) is 1.68. The van der Waals surface area contributed by atoms with E-state index in [1.54, 1.807) is 7.11 Å². The molecule has 28 heavy (non-hydrogen) atoms. The molecule has 1 aromatic heterocycles. The minimum absolute atomic E-state index is 0.0143. The van der Waals surface area contributed by atoms with Crippen molar-refractivity contribution in [3.8, 4) is 5.75 Å². The molecule has 2 saturated carbocycles. The minimum Gasteiger partial charge on any atom is -0.497 e. The maximum absolute atomic E-state index is 12.5. The van der Waals surface area contributed by atoms with Gasteiger partial charge in [-0.1, -0.05) is 43.2 Å². The molecular formula is C20H27N5O2S. The second kappa shape index (κ2) is 8.51. The number of nitrogens with zero attached hydrogens (tertiary/aromatic N) is 4. The fraction of sp³-hybridized carbons (Fsp3) is 0.600. The Morgan fingerprint density at radius 1 is 1.25 bits per heavy atom. The van der Waals surface area contributed by atoms with E-state index in [0.717, 1.165) is 36.6 Å². The van der Waals surface area contributed by atoms with E-state index in [-0.39, 0.29) is 11.3 Å². The first kappa shape index (κ1) is 19.2. The molecule has 7 nitrogen and oxygen atoms in total. The number of thioether (sulfide) groups is 1. The fourth-order valence-corrected chi connectivity index (χ4v) is 4.79. The quantitative estimate of drug-likeness (QED) is 0.685. The Morgan fingerprint density at radius 2 is 2.00 bits per heavy atom. The van der Waals surface area contributed by atoms with E-state index in [1.807, 2.05) is 16.8 Å². The summed E-state index contributed by atoms with van der Waals surface area (Å²) in [5.41, 5.74) is 1.30. The van der Waals surface area contributed by atoms with Crippen molar-refractivity contribution in [2.24, 2.45) is 0 Å². The zero-order valence-corrected chi connectivity index (χ0v) is 17.1. The van der Waals surface area contributed by atoms with Gasteiger partial charge in [0.15, 0.2) is 0 Å². The second-order valence-electron chi connectivity index (χ2n) is 7.77. The van der Waals surface area contributed by atoms with Crippen LogP contribution < -0.4 is 10.1 Å². The van der Waals surface area contributed by atoms with Crippen LogP contribution in [-0.4, -0.2) is 45.5 Å². The zero-order chi connectivity index (χ0) is 19.4. The number of hydrogen-bond acceptors (Lipinski definition) is 6. The summed E-state index contributed by atoms with van der Waals surface area (Å²) in [6.07, 6.45) is 8.12. The monoisotopic (exact) mass is 401 g/mol. The van der Waals surface area contributed by atoms with Crippen molar-refractivity contribution in [3.63, 3.8) is 0 Å². The van der Waals surface area contributed by atoms with E-state index >= 15 is 0 Å². The molecule has 150 valence electrons. The summed E-state index contributed by atoms with van der Waals surface area (Å²) in [5.74, 6) is 1.24. The van der Waals surface area contributed by atoms with Gasteiger partial charge in [-0.25, -0.2) is 4.68 Å². The van der Waals surface area contributed by atoms with Crippen molar-refractivity contribution in [1.82, 2.24) is 25.5 Å². The molecule has 0 aliphatic heterocycles. The van der Waals surface area contributed by atoms with Gasteiger partial charge in [0.2, 0.25) is 11.1 Å². The van der Waals surface area contributed by atoms with Gasteiger partial charge in [0, 0.05) is 12.0 Å². The Morgan fingerprint density at radius 3 is 2.68 bits per heavy atom. The van der Waals surface area contributed by atoms with Gasteiger partial charge in [0.25, 0.3) is 0 Å². The van der Waals surface area contributed by atoms with Crippen molar-refractivity contribution >= 4 is 17.7 Å². The van der Waals surface area contributed by atoms with E-state index in [1.165, 1.54) is 36.6 Å². The Hall–Kier alpha value is -2.09. The molecule has 1 N–H and O–H groups in total. The van der Waals surface area contributed by atoms with Crippen LogP contribution in [0.3, 0.4) is 0 Å². The van der Waals surface area contributed by atoms with E-state index in [0.29, 0.717) is 18.3 Å². The Labute approximate surface area is 169 Å². The number of carbonyl (C=O) groups excluding carboxylic acids is 1. The topological polar surface area (TPSA) is 81.9 Å². The van der Waals surface area contributed by atoms with Crippen LogP contribution >= 0.6 is 11.8 Å². The highest BCUT2D eigenvalue weighted by atomic mass is 32.2. The van der Waals surface area contributed by atoms with Crippen molar-refractivity contribution in [3.05, 3.63) is 29.8 Å². The Bertz CT molecular complexity index is 797. The molecule has 1 aromatic carbocycles. The predicted molar refractivity (Wildman–Crippen MR) is 108 cm³/mol. The predicted octanol–water partition coefficient (Wildman–Crippen LogP) is 3.13. The molecule has 1 amide bonds. The number of amides is 1. The summed E-state index contributed by atoms with van der Waals surface area (Å²) in [4.78, 5) is 12.5. The lowest BCUT2D eigenvalue weighted by Crippen LogP contribution is -2.42. The van der Waals surface area contributed by atoms with Gasteiger partial charge in [0.05, 0.1) is 18.9 Å². The molecule has 2 aliphatic rings. The number of methoxy groups -OCH3 is 1. The van der Waals surface area contributed by atoms with Crippen molar-refractivity contribution in [2.75, 3.05) is 19.4 Å². The lowest BCUT2D eigenvalue weighted by Gasteiger charge is -2.38. The average Bonchev–Trinajstić information content (AvgIpc) is 3.49. The number of rotatable bonds is 8. The Balaban J connectivity index is 1.36. The van der Waals surface area contributed by atoms with E-state index in [4.69, 9.17) is 4.74 Å². The summed E-state index contributed by atoms with van der Waals surface area (Å²) in [5, 5.41) is 15.7. The molecule has 0 radical (unpaired) electrons. The molecule has 0 bridgehead atoms. The van der Waals surface area contributed by atoms with Crippen LogP contribution in [-0.2, 0) is 10.2 Å². The molecule has 0 spiro atoms.